The number of rotatable bonds is 4. The highest BCUT2D eigenvalue weighted by Gasteiger charge is 2.40. The lowest BCUT2D eigenvalue weighted by Crippen LogP contribution is -2.32. The zero-order valence-corrected chi connectivity index (χ0v) is 9.73. The van der Waals surface area contributed by atoms with Gasteiger partial charge in [0, 0.05) is 6.54 Å². The molecule has 1 saturated heterocycles. The average molecular weight is 231 g/mol. The van der Waals surface area contributed by atoms with Crippen LogP contribution < -0.4 is 5.32 Å². The first-order chi connectivity index (χ1) is 8.23. The highest BCUT2D eigenvalue weighted by molar-refractivity contribution is 5.76. The standard InChI is InChI=1S/C14H17NO2/c16-13(17)14(9-10-15-11-14)8-4-7-12-5-2-1-3-6-12/h1-7,15H,8-11H2,(H,16,17). The lowest BCUT2D eigenvalue weighted by atomic mass is 9.83. The second kappa shape index (κ2) is 5.15. The van der Waals surface area contributed by atoms with Crippen molar-refractivity contribution in [1.82, 2.24) is 5.32 Å². The lowest BCUT2D eigenvalue weighted by molar-refractivity contribution is -0.147. The number of hydrogen-bond donors (Lipinski definition) is 2. The van der Waals surface area contributed by atoms with Crippen molar-refractivity contribution in [2.45, 2.75) is 12.8 Å². The van der Waals surface area contributed by atoms with Crippen molar-refractivity contribution < 1.29 is 9.90 Å². The first-order valence-electron chi connectivity index (χ1n) is 5.89. The van der Waals surface area contributed by atoms with E-state index in [-0.39, 0.29) is 0 Å². The van der Waals surface area contributed by atoms with Gasteiger partial charge in [0.1, 0.15) is 0 Å². The molecule has 1 aromatic carbocycles. The molecule has 0 spiro atoms. The first kappa shape index (κ1) is 11.9. The Labute approximate surface area is 101 Å². The maximum atomic E-state index is 11.3. The van der Waals surface area contributed by atoms with Gasteiger partial charge in [-0.3, -0.25) is 4.79 Å². The largest absolute Gasteiger partial charge is 0.481 e. The Bertz CT molecular complexity index is 405. The molecule has 2 rings (SSSR count). The highest BCUT2D eigenvalue weighted by atomic mass is 16.4. The van der Waals surface area contributed by atoms with Crippen LogP contribution in [-0.2, 0) is 4.79 Å². The van der Waals surface area contributed by atoms with Crippen molar-refractivity contribution in [1.29, 1.82) is 0 Å². The maximum Gasteiger partial charge on any atom is 0.311 e. The predicted molar refractivity (Wildman–Crippen MR) is 67.6 cm³/mol. The van der Waals surface area contributed by atoms with Crippen molar-refractivity contribution in [3.05, 3.63) is 42.0 Å². The van der Waals surface area contributed by atoms with Crippen molar-refractivity contribution in [2.24, 2.45) is 5.41 Å². The van der Waals surface area contributed by atoms with Crippen LogP contribution in [-0.4, -0.2) is 24.2 Å². The summed E-state index contributed by atoms with van der Waals surface area (Å²) in [6.45, 7) is 1.37. The van der Waals surface area contributed by atoms with Crippen LogP contribution in [0.3, 0.4) is 0 Å². The molecule has 0 aromatic heterocycles. The number of carbonyl (C=O) groups is 1. The van der Waals surface area contributed by atoms with E-state index in [1.165, 1.54) is 0 Å². The van der Waals surface area contributed by atoms with E-state index in [9.17, 15) is 9.90 Å². The molecular weight excluding hydrogens is 214 g/mol. The quantitative estimate of drug-likeness (QED) is 0.834. The van der Waals surface area contributed by atoms with Crippen LogP contribution in [0.4, 0.5) is 0 Å². The molecular formula is C14H17NO2. The van der Waals surface area contributed by atoms with Crippen molar-refractivity contribution in [2.75, 3.05) is 13.1 Å². The summed E-state index contributed by atoms with van der Waals surface area (Å²) in [5.41, 5.74) is 0.504. The third-order valence-corrected chi connectivity index (χ3v) is 3.32. The van der Waals surface area contributed by atoms with Gasteiger partial charge in [-0.1, -0.05) is 42.5 Å². The van der Waals surface area contributed by atoms with Gasteiger partial charge in [-0.15, -0.1) is 0 Å². The minimum absolute atomic E-state index is 0.571. The van der Waals surface area contributed by atoms with E-state index in [0.717, 1.165) is 12.1 Å². The summed E-state index contributed by atoms with van der Waals surface area (Å²) in [6.07, 6.45) is 5.26. The summed E-state index contributed by atoms with van der Waals surface area (Å²) >= 11 is 0. The Morgan fingerprint density at radius 3 is 2.76 bits per heavy atom. The van der Waals surface area contributed by atoms with Gasteiger partial charge in [0.05, 0.1) is 5.41 Å². The monoisotopic (exact) mass is 231 g/mol. The molecule has 1 heterocycles. The molecule has 0 saturated carbocycles. The van der Waals surface area contributed by atoms with Gasteiger partial charge in [0.25, 0.3) is 0 Å². The van der Waals surface area contributed by atoms with Crippen molar-refractivity contribution >= 4 is 12.0 Å². The Kier molecular flexibility index (Phi) is 3.59. The second-order valence-electron chi connectivity index (χ2n) is 4.53. The van der Waals surface area contributed by atoms with Gasteiger partial charge in [0.15, 0.2) is 0 Å². The minimum Gasteiger partial charge on any atom is -0.481 e. The fourth-order valence-corrected chi connectivity index (χ4v) is 2.17. The van der Waals surface area contributed by atoms with Gasteiger partial charge >= 0.3 is 5.97 Å². The molecule has 90 valence electrons. The normalized spacial score (nSPS) is 24.2. The molecule has 1 aliphatic rings. The number of nitrogens with one attached hydrogen (secondary N) is 1. The van der Waals surface area contributed by atoms with Crippen LogP contribution in [0.5, 0.6) is 0 Å². The maximum absolute atomic E-state index is 11.3. The lowest BCUT2D eigenvalue weighted by Gasteiger charge is -2.20. The molecule has 0 amide bonds. The van der Waals surface area contributed by atoms with Gasteiger partial charge in [-0.2, -0.15) is 0 Å². The third kappa shape index (κ3) is 2.74. The number of carboxylic acid groups (broad SMARTS) is 1. The third-order valence-electron chi connectivity index (χ3n) is 3.32. The van der Waals surface area contributed by atoms with E-state index in [0.29, 0.717) is 19.4 Å². The van der Waals surface area contributed by atoms with Gasteiger partial charge in [-0.05, 0) is 24.9 Å². The molecule has 1 unspecified atom stereocenters. The number of aliphatic carboxylic acids is 1. The van der Waals surface area contributed by atoms with Crippen LogP contribution >= 0.6 is 0 Å². The topological polar surface area (TPSA) is 49.3 Å². The zero-order chi connectivity index (χ0) is 12.1. The molecule has 0 radical (unpaired) electrons. The van der Waals surface area contributed by atoms with Crippen LogP contribution in [0.25, 0.3) is 6.08 Å². The van der Waals surface area contributed by atoms with E-state index in [4.69, 9.17) is 0 Å². The van der Waals surface area contributed by atoms with Crippen molar-refractivity contribution in [3.63, 3.8) is 0 Å². The Balaban J connectivity index is 2.01. The molecule has 3 heteroatoms. The highest BCUT2D eigenvalue weighted by Crippen LogP contribution is 2.30. The molecule has 17 heavy (non-hydrogen) atoms. The summed E-state index contributed by atoms with van der Waals surface area (Å²) in [4.78, 5) is 11.3. The molecule has 1 aromatic rings. The average Bonchev–Trinajstić information content (AvgIpc) is 2.80. The molecule has 3 nitrogen and oxygen atoms in total. The molecule has 1 aliphatic heterocycles. The van der Waals surface area contributed by atoms with Crippen molar-refractivity contribution in [3.8, 4) is 0 Å². The van der Waals surface area contributed by atoms with Crippen LogP contribution in [0.15, 0.2) is 36.4 Å². The number of benzene rings is 1. The summed E-state index contributed by atoms with van der Waals surface area (Å²) in [5.74, 6) is -0.694. The number of allylic oxidation sites excluding steroid dienone is 1. The number of hydrogen-bond acceptors (Lipinski definition) is 2. The second-order valence-corrected chi connectivity index (χ2v) is 4.53. The summed E-state index contributed by atoms with van der Waals surface area (Å²) in [7, 11) is 0. The fourth-order valence-electron chi connectivity index (χ4n) is 2.17. The van der Waals surface area contributed by atoms with E-state index in [1.54, 1.807) is 0 Å². The fraction of sp³-hybridized carbons (Fsp3) is 0.357. The summed E-state index contributed by atoms with van der Waals surface area (Å²) in [6, 6.07) is 9.94. The Hall–Kier alpha value is -1.61. The zero-order valence-electron chi connectivity index (χ0n) is 9.73. The molecule has 1 atom stereocenters. The van der Waals surface area contributed by atoms with Gasteiger partial charge in [0.2, 0.25) is 0 Å². The van der Waals surface area contributed by atoms with Crippen LogP contribution in [0.2, 0.25) is 0 Å². The number of carboxylic acids is 1. The summed E-state index contributed by atoms with van der Waals surface area (Å²) in [5, 5.41) is 12.4. The van der Waals surface area contributed by atoms with E-state index in [2.05, 4.69) is 5.32 Å². The Morgan fingerprint density at radius 2 is 2.18 bits per heavy atom. The van der Waals surface area contributed by atoms with E-state index in [1.807, 2.05) is 42.5 Å². The van der Waals surface area contributed by atoms with Gasteiger partial charge in [-0.25, -0.2) is 0 Å². The predicted octanol–water partition coefficient (Wildman–Crippen LogP) is 2.15. The van der Waals surface area contributed by atoms with Crippen LogP contribution in [0.1, 0.15) is 18.4 Å². The van der Waals surface area contributed by atoms with E-state index >= 15 is 0 Å². The molecule has 0 bridgehead atoms. The van der Waals surface area contributed by atoms with E-state index < -0.39 is 11.4 Å². The molecule has 0 aliphatic carbocycles. The van der Waals surface area contributed by atoms with Crippen LogP contribution in [0, 0.1) is 5.41 Å². The minimum atomic E-state index is -0.694. The SMILES string of the molecule is O=C(O)C1(CC=Cc2ccccc2)CCNC1. The summed E-state index contributed by atoms with van der Waals surface area (Å²) < 4.78 is 0. The smallest absolute Gasteiger partial charge is 0.311 e. The van der Waals surface area contributed by atoms with Gasteiger partial charge < -0.3 is 10.4 Å². The molecule has 1 fully saturated rings. The Morgan fingerprint density at radius 1 is 1.41 bits per heavy atom. The first-order valence-corrected chi connectivity index (χ1v) is 5.89. The molecule has 2 N–H and O–H groups in total.